The molecule has 1 aromatic rings. The summed E-state index contributed by atoms with van der Waals surface area (Å²) in [6, 6.07) is 0. The minimum atomic E-state index is -0.762. The Bertz CT molecular complexity index is 352. The number of carboxylic acids is 1. The molecule has 90 valence electrons. The summed E-state index contributed by atoms with van der Waals surface area (Å²) in [5.74, 6) is 0.0652. The van der Waals surface area contributed by atoms with E-state index >= 15 is 0 Å². The van der Waals surface area contributed by atoms with Gasteiger partial charge in [0.05, 0.1) is 5.92 Å². The number of anilines is 1. The molecule has 0 spiro atoms. The standard InChI is InChI=1S/C10H17N3O2S/c1-6(2)8-12-10(16-13-8)11-5-4-7(3)9(14)15/h6-7H,4-5H2,1-3H3,(H,14,15)(H,11,12,13). The van der Waals surface area contributed by atoms with Crippen LogP contribution in [0.1, 0.15) is 38.9 Å². The molecule has 1 aromatic heterocycles. The third-order valence-electron chi connectivity index (χ3n) is 2.23. The maximum absolute atomic E-state index is 10.6. The van der Waals surface area contributed by atoms with Gasteiger partial charge in [0.25, 0.3) is 0 Å². The topological polar surface area (TPSA) is 75.1 Å². The van der Waals surface area contributed by atoms with Crippen molar-refractivity contribution >= 4 is 22.6 Å². The fourth-order valence-corrected chi connectivity index (χ4v) is 1.79. The number of carbonyl (C=O) groups is 1. The highest BCUT2D eigenvalue weighted by molar-refractivity contribution is 7.09. The summed E-state index contributed by atoms with van der Waals surface area (Å²) in [6.45, 7) is 6.39. The molecule has 0 amide bonds. The van der Waals surface area contributed by atoms with Crippen molar-refractivity contribution in [2.24, 2.45) is 5.92 Å². The second kappa shape index (κ2) is 5.79. The summed E-state index contributed by atoms with van der Waals surface area (Å²) in [5, 5.41) is 12.6. The van der Waals surface area contributed by atoms with E-state index in [0.717, 1.165) is 11.0 Å². The Labute approximate surface area is 99.1 Å². The predicted molar refractivity (Wildman–Crippen MR) is 63.9 cm³/mol. The van der Waals surface area contributed by atoms with Crippen molar-refractivity contribution < 1.29 is 9.90 Å². The zero-order valence-corrected chi connectivity index (χ0v) is 10.5. The molecular formula is C10H17N3O2S. The quantitative estimate of drug-likeness (QED) is 0.801. The van der Waals surface area contributed by atoms with Crippen molar-refractivity contribution in [2.75, 3.05) is 11.9 Å². The molecule has 1 atom stereocenters. The van der Waals surface area contributed by atoms with Crippen LogP contribution in [0.15, 0.2) is 0 Å². The normalized spacial score (nSPS) is 12.8. The van der Waals surface area contributed by atoms with Gasteiger partial charge in [0, 0.05) is 24.0 Å². The predicted octanol–water partition coefficient (Wildman–Crippen LogP) is 2.18. The summed E-state index contributed by atoms with van der Waals surface area (Å²) < 4.78 is 4.20. The Kier molecular flexibility index (Phi) is 4.67. The van der Waals surface area contributed by atoms with E-state index in [-0.39, 0.29) is 5.92 Å². The molecule has 1 heterocycles. The van der Waals surface area contributed by atoms with Gasteiger partial charge in [0.1, 0.15) is 5.82 Å². The van der Waals surface area contributed by atoms with Crippen molar-refractivity contribution in [2.45, 2.75) is 33.1 Å². The lowest BCUT2D eigenvalue weighted by Crippen LogP contribution is -2.14. The summed E-state index contributed by atoms with van der Waals surface area (Å²) >= 11 is 1.32. The van der Waals surface area contributed by atoms with Gasteiger partial charge in [-0.25, -0.2) is 4.98 Å². The van der Waals surface area contributed by atoms with Crippen LogP contribution >= 0.6 is 11.5 Å². The first-order chi connectivity index (χ1) is 7.50. The number of nitrogens with zero attached hydrogens (tertiary/aromatic N) is 2. The second-order valence-corrected chi connectivity index (χ2v) is 4.82. The maximum atomic E-state index is 10.6. The molecule has 0 aliphatic heterocycles. The Morgan fingerprint density at radius 2 is 2.19 bits per heavy atom. The van der Waals surface area contributed by atoms with E-state index in [2.05, 4.69) is 14.7 Å². The molecule has 0 saturated carbocycles. The number of hydrogen-bond donors (Lipinski definition) is 2. The van der Waals surface area contributed by atoms with Gasteiger partial charge >= 0.3 is 5.97 Å². The lowest BCUT2D eigenvalue weighted by atomic mass is 10.1. The van der Waals surface area contributed by atoms with E-state index in [1.165, 1.54) is 11.5 Å². The Morgan fingerprint density at radius 3 is 2.69 bits per heavy atom. The first-order valence-electron chi connectivity index (χ1n) is 5.31. The summed E-state index contributed by atoms with van der Waals surface area (Å²) in [7, 11) is 0. The number of aliphatic carboxylic acids is 1. The number of rotatable bonds is 6. The van der Waals surface area contributed by atoms with Gasteiger partial charge in [-0.2, -0.15) is 4.37 Å². The summed E-state index contributed by atoms with van der Waals surface area (Å²) in [4.78, 5) is 14.9. The highest BCUT2D eigenvalue weighted by Gasteiger charge is 2.11. The number of carboxylic acid groups (broad SMARTS) is 1. The maximum Gasteiger partial charge on any atom is 0.306 e. The second-order valence-electron chi connectivity index (χ2n) is 4.07. The van der Waals surface area contributed by atoms with Crippen LogP contribution in [0.4, 0.5) is 5.13 Å². The minimum absolute atomic E-state index is 0.324. The monoisotopic (exact) mass is 243 g/mol. The average Bonchev–Trinajstić information content (AvgIpc) is 2.66. The Balaban J connectivity index is 2.34. The van der Waals surface area contributed by atoms with Crippen molar-refractivity contribution in [3.05, 3.63) is 5.82 Å². The number of hydrogen-bond acceptors (Lipinski definition) is 5. The van der Waals surface area contributed by atoms with Gasteiger partial charge in [-0.1, -0.05) is 20.8 Å². The van der Waals surface area contributed by atoms with Crippen LogP contribution in [0.5, 0.6) is 0 Å². The Hall–Kier alpha value is -1.17. The molecule has 0 aliphatic carbocycles. The van der Waals surface area contributed by atoms with Crippen molar-refractivity contribution in [1.82, 2.24) is 9.36 Å². The van der Waals surface area contributed by atoms with Crippen LogP contribution in [-0.4, -0.2) is 27.0 Å². The van der Waals surface area contributed by atoms with Crippen molar-refractivity contribution in [1.29, 1.82) is 0 Å². The van der Waals surface area contributed by atoms with Crippen LogP contribution in [0.2, 0.25) is 0 Å². The molecule has 1 unspecified atom stereocenters. The van der Waals surface area contributed by atoms with Crippen molar-refractivity contribution in [3.63, 3.8) is 0 Å². The molecule has 0 aliphatic rings. The molecule has 6 heteroatoms. The molecule has 0 aromatic carbocycles. The van der Waals surface area contributed by atoms with Crippen LogP contribution in [0.25, 0.3) is 0 Å². The van der Waals surface area contributed by atoms with Gasteiger partial charge in [0.2, 0.25) is 5.13 Å². The minimum Gasteiger partial charge on any atom is -0.481 e. The third-order valence-corrected chi connectivity index (χ3v) is 2.92. The average molecular weight is 243 g/mol. The largest absolute Gasteiger partial charge is 0.481 e. The van der Waals surface area contributed by atoms with Gasteiger partial charge in [-0.05, 0) is 6.42 Å². The van der Waals surface area contributed by atoms with Gasteiger partial charge in [0.15, 0.2) is 0 Å². The van der Waals surface area contributed by atoms with Gasteiger partial charge < -0.3 is 10.4 Å². The highest BCUT2D eigenvalue weighted by atomic mass is 32.1. The third kappa shape index (κ3) is 3.77. The molecule has 5 nitrogen and oxygen atoms in total. The summed E-state index contributed by atoms with van der Waals surface area (Å²) in [6.07, 6.45) is 0.589. The molecule has 2 N–H and O–H groups in total. The van der Waals surface area contributed by atoms with Crippen LogP contribution in [0, 0.1) is 5.92 Å². The molecular weight excluding hydrogens is 226 g/mol. The fraction of sp³-hybridized carbons (Fsp3) is 0.700. The van der Waals surface area contributed by atoms with Crippen LogP contribution < -0.4 is 5.32 Å². The lowest BCUT2D eigenvalue weighted by molar-refractivity contribution is -0.141. The van der Waals surface area contributed by atoms with Gasteiger partial charge in [-0.3, -0.25) is 4.79 Å². The molecule has 1 rings (SSSR count). The molecule has 0 fully saturated rings. The molecule has 0 radical (unpaired) electrons. The number of aromatic nitrogens is 2. The fourth-order valence-electron chi connectivity index (χ4n) is 1.06. The van der Waals surface area contributed by atoms with Gasteiger partial charge in [-0.15, -0.1) is 0 Å². The summed E-state index contributed by atoms with van der Waals surface area (Å²) in [5.41, 5.74) is 0. The van der Waals surface area contributed by atoms with E-state index in [1.54, 1.807) is 6.92 Å². The van der Waals surface area contributed by atoms with E-state index in [0.29, 0.717) is 18.9 Å². The molecule has 16 heavy (non-hydrogen) atoms. The highest BCUT2D eigenvalue weighted by Crippen LogP contribution is 2.17. The first-order valence-corrected chi connectivity index (χ1v) is 6.08. The number of nitrogens with one attached hydrogen (secondary N) is 1. The van der Waals surface area contributed by atoms with E-state index in [4.69, 9.17) is 5.11 Å². The smallest absolute Gasteiger partial charge is 0.306 e. The first kappa shape index (κ1) is 12.9. The lowest BCUT2D eigenvalue weighted by Gasteiger charge is -2.05. The molecule has 0 saturated heterocycles. The van der Waals surface area contributed by atoms with Crippen LogP contribution in [-0.2, 0) is 4.79 Å². The van der Waals surface area contributed by atoms with E-state index in [1.807, 2.05) is 13.8 Å². The van der Waals surface area contributed by atoms with E-state index < -0.39 is 5.97 Å². The van der Waals surface area contributed by atoms with Crippen molar-refractivity contribution in [3.8, 4) is 0 Å². The zero-order chi connectivity index (χ0) is 12.1. The van der Waals surface area contributed by atoms with Crippen LogP contribution in [0.3, 0.4) is 0 Å². The van der Waals surface area contributed by atoms with E-state index in [9.17, 15) is 4.79 Å². The zero-order valence-electron chi connectivity index (χ0n) is 9.73. The SMILES string of the molecule is CC(CCNc1nc(C(C)C)ns1)C(=O)O. The Morgan fingerprint density at radius 1 is 1.50 bits per heavy atom. The molecule has 0 bridgehead atoms.